The molecule has 0 fully saturated rings. The molecule has 1 atom stereocenters. The zero-order valence-corrected chi connectivity index (χ0v) is 20.6. The Hall–Kier alpha value is -4.27. The first-order valence-corrected chi connectivity index (χ1v) is 12.1. The fourth-order valence-electron chi connectivity index (χ4n) is 3.90. The molecule has 8 heteroatoms. The van der Waals surface area contributed by atoms with E-state index in [4.69, 9.17) is 15.2 Å². The van der Waals surface area contributed by atoms with Crippen LogP contribution in [0, 0.1) is 11.6 Å². The van der Waals surface area contributed by atoms with Gasteiger partial charge in [-0.3, -0.25) is 9.69 Å². The first-order chi connectivity index (χ1) is 18.4. The van der Waals surface area contributed by atoms with E-state index in [0.29, 0.717) is 31.1 Å². The van der Waals surface area contributed by atoms with Crippen molar-refractivity contribution in [1.29, 1.82) is 0 Å². The average molecular weight is 519 g/mol. The van der Waals surface area contributed by atoms with E-state index in [2.05, 4.69) is 0 Å². The normalized spacial score (nSPS) is 11.8. The number of halogens is 2. The predicted octanol–water partition coefficient (Wildman–Crippen LogP) is 6.35. The molecule has 4 rings (SSSR count). The van der Waals surface area contributed by atoms with Crippen molar-refractivity contribution < 1.29 is 28.2 Å². The molecule has 0 heterocycles. The molecule has 0 aliphatic heterocycles. The minimum atomic E-state index is -1.09. The third-order valence-corrected chi connectivity index (χ3v) is 5.92. The van der Waals surface area contributed by atoms with E-state index >= 15 is 0 Å². The molecule has 0 unspecified atom stereocenters. The monoisotopic (exact) mass is 518 g/mol. The zero-order chi connectivity index (χ0) is 26.9. The molecule has 0 saturated heterocycles. The summed E-state index contributed by atoms with van der Waals surface area (Å²) in [7, 11) is 0. The number of benzene rings is 4. The van der Waals surface area contributed by atoms with Gasteiger partial charge in [0.1, 0.15) is 17.5 Å². The zero-order valence-electron chi connectivity index (χ0n) is 20.6. The third kappa shape index (κ3) is 7.15. The second kappa shape index (κ2) is 12.8. The van der Waals surface area contributed by atoms with Crippen LogP contribution in [0.1, 0.15) is 17.5 Å². The second-order valence-corrected chi connectivity index (χ2v) is 8.72. The summed E-state index contributed by atoms with van der Waals surface area (Å²) in [4.78, 5) is 13.3. The Labute approximate surface area is 219 Å². The van der Waals surface area contributed by atoms with Gasteiger partial charge in [0.15, 0.2) is 23.1 Å². The first kappa shape index (κ1) is 26.8. The summed E-state index contributed by atoms with van der Waals surface area (Å²) >= 11 is 0. The summed E-state index contributed by atoms with van der Waals surface area (Å²) in [5, 5.41) is 9.29. The van der Waals surface area contributed by atoms with Gasteiger partial charge in [-0.25, -0.2) is 8.78 Å². The van der Waals surface area contributed by atoms with E-state index in [0.717, 1.165) is 11.1 Å². The molecule has 0 radical (unpaired) electrons. The molecule has 38 heavy (non-hydrogen) atoms. The SMILES string of the molecule is N[C@@H](CCN(Cc1ccccc1Oc1ccccc1F)Cc1ccccc1Oc1ccccc1F)C(=O)O. The number of nitrogens with zero attached hydrogens (tertiary/aromatic N) is 1. The van der Waals surface area contributed by atoms with Crippen LogP contribution in [0.25, 0.3) is 0 Å². The van der Waals surface area contributed by atoms with E-state index in [1.807, 2.05) is 29.2 Å². The summed E-state index contributed by atoms with van der Waals surface area (Å²) in [5.74, 6) is -0.902. The van der Waals surface area contributed by atoms with Crippen LogP contribution in [0.5, 0.6) is 23.0 Å². The number of para-hydroxylation sites is 4. The van der Waals surface area contributed by atoms with Gasteiger partial charge in [-0.2, -0.15) is 0 Å². The van der Waals surface area contributed by atoms with Gasteiger partial charge in [0.2, 0.25) is 0 Å². The molecule has 196 valence electrons. The smallest absolute Gasteiger partial charge is 0.320 e. The van der Waals surface area contributed by atoms with Gasteiger partial charge in [0.05, 0.1) is 0 Å². The van der Waals surface area contributed by atoms with Crippen molar-refractivity contribution in [2.24, 2.45) is 5.73 Å². The number of rotatable bonds is 12. The van der Waals surface area contributed by atoms with Gasteiger partial charge in [-0.05, 0) is 42.8 Å². The van der Waals surface area contributed by atoms with Gasteiger partial charge in [-0.1, -0.05) is 60.7 Å². The van der Waals surface area contributed by atoms with Crippen molar-refractivity contribution in [2.75, 3.05) is 6.54 Å². The Kier molecular flexibility index (Phi) is 9.02. The van der Waals surface area contributed by atoms with Crippen molar-refractivity contribution in [3.63, 3.8) is 0 Å². The van der Waals surface area contributed by atoms with Crippen LogP contribution in [0.15, 0.2) is 97.1 Å². The van der Waals surface area contributed by atoms with Crippen LogP contribution in [-0.2, 0) is 17.9 Å². The highest BCUT2D eigenvalue weighted by Crippen LogP contribution is 2.31. The Morgan fingerprint density at radius 2 is 1.11 bits per heavy atom. The predicted molar refractivity (Wildman–Crippen MR) is 140 cm³/mol. The summed E-state index contributed by atoms with van der Waals surface area (Å²) in [6, 6.07) is 25.8. The van der Waals surface area contributed by atoms with Crippen molar-refractivity contribution in [1.82, 2.24) is 4.90 Å². The first-order valence-electron chi connectivity index (χ1n) is 12.1. The highest BCUT2D eigenvalue weighted by Gasteiger charge is 2.18. The molecule has 0 aliphatic rings. The van der Waals surface area contributed by atoms with Crippen LogP contribution in [0.3, 0.4) is 0 Å². The summed E-state index contributed by atoms with van der Waals surface area (Å²) in [6.07, 6.45) is 0.196. The van der Waals surface area contributed by atoms with Gasteiger partial charge in [-0.15, -0.1) is 0 Å². The number of carboxylic acid groups (broad SMARTS) is 1. The molecule has 0 aliphatic carbocycles. The minimum absolute atomic E-state index is 0.100. The van der Waals surface area contributed by atoms with Crippen LogP contribution in [0.4, 0.5) is 8.78 Å². The third-order valence-electron chi connectivity index (χ3n) is 5.92. The number of carboxylic acids is 1. The molecule has 4 aromatic carbocycles. The molecular formula is C30H28F2N2O4. The molecule has 4 aromatic rings. The van der Waals surface area contributed by atoms with E-state index in [1.165, 1.54) is 12.1 Å². The lowest BCUT2D eigenvalue weighted by Crippen LogP contribution is -2.35. The Morgan fingerprint density at radius 1 is 0.711 bits per heavy atom. The number of nitrogens with two attached hydrogens (primary N) is 1. The number of carbonyl (C=O) groups is 1. The van der Waals surface area contributed by atoms with Crippen molar-refractivity contribution in [3.05, 3.63) is 120 Å². The topological polar surface area (TPSA) is 85.0 Å². The van der Waals surface area contributed by atoms with E-state index < -0.39 is 23.6 Å². The molecule has 0 amide bonds. The average Bonchev–Trinajstić information content (AvgIpc) is 2.91. The number of ether oxygens (including phenoxy) is 2. The number of hydrogen-bond acceptors (Lipinski definition) is 5. The maximum Gasteiger partial charge on any atom is 0.320 e. The van der Waals surface area contributed by atoms with Crippen molar-refractivity contribution in [2.45, 2.75) is 25.6 Å². The lowest BCUT2D eigenvalue weighted by molar-refractivity contribution is -0.138. The van der Waals surface area contributed by atoms with Crippen LogP contribution >= 0.6 is 0 Å². The van der Waals surface area contributed by atoms with E-state index in [9.17, 15) is 18.7 Å². The molecule has 3 N–H and O–H groups in total. The van der Waals surface area contributed by atoms with Crippen LogP contribution in [-0.4, -0.2) is 28.6 Å². The highest BCUT2D eigenvalue weighted by atomic mass is 19.1. The Morgan fingerprint density at radius 3 is 1.53 bits per heavy atom. The number of hydrogen-bond donors (Lipinski definition) is 2. The minimum Gasteiger partial charge on any atom is -0.480 e. The van der Waals surface area contributed by atoms with Gasteiger partial charge in [0.25, 0.3) is 0 Å². The molecule has 0 aromatic heterocycles. The molecule has 0 saturated carbocycles. The largest absolute Gasteiger partial charge is 0.480 e. The van der Waals surface area contributed by atoms with Gasteiger partial charge >= 0.3 is 5.97 Å². The number of aliphatic carboxylic acids is 1. The summed E-state index contributed by atoms with van der Waals surface area (Å²) in [5.41, 5.74) is 7.33. The summed E-state index contributed by atoms with van der Waals surface area (Å²) in [6.45, 7) is 1.05. The molecule has 0 bridgehead atoms. The molecular weight excluding hydrogens is 490 g/mol. The fourth-order valence-corrected chi connectivity index (χ4v) is 3.90. The maximum atomic E-state index is 14.2. The fraction of sp³-hybridized carbons (Fsp3) is 0.167. The lowest BCUT2D eigenvalue weighted by atomic mass is 10.1. The van der Waals surface area contributed by atoms with Crippen LogP contribution in [0.2, 0.25) is 0 Å². The summed E-state index contributed by atoms with van der Waals surface area (Å²) < 4.78 is 40.3. The van der Waals surface area contributed by atoms with Gasteiger partial charge < -0.3 is 20.3 Å². The Bertz CT molecular complexity index is 1290. The van der Waals surface area contributed by atoms with E-state index in [-0.39, 0.29) is 17.9 Å². The second-order valence-electron chi connectivity index (χ2n) is 8.72. The van der Waals surface area contributed by atoms with Crippen molar-refractivity contribution >= 4 is 5.97 Å². The standard InChI is InChI=1S/C30H28F2N2O4/c31-23-11-3-7-15-28(23)37-26-13-5-1-9-21(26)19-34(18-17-25(33)30(35)36)20-22-10-2-6-14-27(22)38-29-16-8-4-12-24(29)32/h1-16,25H,17-20,33H2,(H,35,36)/t25-/m0/s1. The molecule has 0 spiro atoms. The Balaban J connectivity index is 1.59. The highest BCUT2D eigenvalue weighted by molar-refractivity contribution is 5.73. The quantitative estimate of drug-likeness (QED) is 0.227. The lowest BCUT2D eigenvalue weighted by Gasteiger charge is -2.25. The van der Waals surface area contributed by atoms with Crippen molar-refractivity contribution in [3.8, 4) is 23.0 Å². The molecule has 6 nitrogen and oxygen atoms in total. The van der Waals surface area contributed by atoms with Gasteiger partial charge in [0, 0.05) is 30.8 Å². The van der Waals surface area contributed by atoms with Crippen LogP contribution < -0.4 is 15.2 Å². The maximum absolute atomic E-state index is 14.2. The van der Waals surface area contributed by atoms with E-state index in [1.54, 1.807) is 60.7 Å².